The molecular formula is C16H25NO. The van der Waals surface area contributed by atoms with Crippen molar-refractivity contribution in [3.8, 4) is 0 Å². The zero-order valence-corrected chi connectivity index (χ0v) is 11.8. The predicted molar refractivity (Wildman–Crippen MR) is 77.1 cm³/mol. The number of carbonyl (C=O) groups is 1. The molecule has 1 aromatic carbocycles. The second kappa shape index (κ2) is 8.04. The van der Waals surface area contributed by atoms with Gasteiger partial charge in [0, 0.05) is 5.56 Å². The van der Waals surface area contributed by atoms with Gasteiger partial charge in [0.15, 0.2) is 5.78 Å². The number of aryl methyl sites for hydroxylation is 1. The van der Waals surface area contributed by atoms with Crippen molar-refractivity contribution < 1.29 is 4.79 Å². The maximum atomic E-state index is 12.1. The third kappa shape index (κ3) is 4.61. The van der Waals surface area contributed by atoms with Crippen LogP contribution in [0.25, 0.3) is 0 Å². The zero-order valence-electron chi connectivity index (χ0n) is 11.8. The van der Waals surface area contributed by atoms with E-state index in [9.17, 15) is 4.79 Å². The molecule has 1 unspecified atom stereocenters. The molecule has 0 bridgehead atoms. The molecule has 1 atom stereocenters. The van der Waals surface area contributed by atoms with Crippen LogP contribution in [0.1, 0.15) is 56.0 Å². The van der Waals surface area contributed by atoms with Crippen LogP contribution in [0, 0.1) is 0 Å². The Bertz CT molecular complexity index is 356. The van der Waals surface area contributed by atoms with Gasteiger partial charge in [0.2, 0.25) is 0 Å². The van der Waals surface area contributed by atoms with E-state index >= 15 is 0 Å². The van der Waals surface area contributed by atoms with Crippen LogP contribution < -0.4 is 5.32 Å². The van der Waals surface area contributed by atoms with Crippen LogP contribution in [0.3, 0.4) is 0 Å². The summed E-state index contributed by atoms with van der Waals surface area (Å²) in [6.45, 7) is 7.18. The van der Waals surface area contributed by atoms with Gasteiger partial charge in [0.25, 0.3) is 0 Å². The smallest absolute Gasteiger partial charge is 0.179 e. The van der Waals surface area contributed by atoms with E-state index in [1.54, 1.807) is 0 Å². The highest BCUT2D eigenvalue weighted by atomic mass is 16.1. The van der Waals surface area contributed by atoms with Crippen LogP contribution >= 0.6 is 0 Å². The molecule has 0 amide bonds. The van der Waals surface area contributed by atoms with Gasteiger partial charge >= 0.3 is 0 Å². The maximum absolute atomic E-state index is 12.1. The van der Waals surface area contributed by atoms with Crippen molar-refractivity contribution in [2.75, 3.05) is 6.54 Å². The standard InChI is InChI=1S/C16H25NO/c1-4-6-7-12-17-13(3)16(18)15-10-8-14(5-2)9-11-15/h8-11,13,17H,4-7,12H2,1-3H3. The Kier molecular flexibility index (Phi) is 6.66. The van der Waals surface area contributed by atoms with Crippen LogP contribution in [0.4, 0.5) is 0 Å². The summed E-state index contributed by atoms with van der Waals surface area (Å²) >= 11 is 0. The van der Waals surface area contributed by atoms with Gasteiger partial charge in [-0.3, -0.25) is 4.79 Å². The van der Waals surface area contributed by atoms with E-state index in [0.717, 1.165) is 24.9 Å². The molecule has 0 aliphatic carbocycles. The fraction of sp³-hybridized carbons (Fsp3) is 0.562. The predicted octanol–water partition coefficient (Wildman–Crippen LogP) is 3.60. The monoisotopic (exact) mass is 247 g/mol. The Morgan fingerprint density at radius 3 is 2.39 bits per heavy atom. The second-order valence-electron chi connectivity index (χ2n) is 4.80. The van der Waals surface area contributed by atoms with Gasteiger partial charge < -0.3 is 5.32 Å². The molecule has 2 nitrogen and oxygen atoms in total. The van der Waals surface area contributed by atoms with Crippen LogP contribution in [0.5, 0.6) is 0 Å². The highest BCUT2D eigenvalue weighted by Gasteiger charge is 2.13. The second-order valence-corrected chi connectivity index (χ2v) is 4.80. The topological polar surface area (TPSA) is 29.1 Å². The third-order valence-electron chi connectivity index (χ3n) is 3.27. The molecule has 1 aromatic rings. The van der Waals surface area contributed by atoms with E-state index in [4.69, 9.17) is 0 Å². The Balaban J connectivity index is 2.46. The number of carbonyl (C=O) groups excluding carboxylic acids is 1. The molecule has 0 aromatic heterocycles. The lowest BCUT2D eigenvalue weighted by Crippen LogP contribution is -2.34. The summed E-state index contributed by atoms with van der Waals surface area (Å²) in [7, 11) is 0. The zero-order chi connectivity index (χ0) is 13.4. The molecule has 18 heavy (non-hydrogen) atoms. The molecule has 1 rings (SSSR count). The van der Waals surface area contributed by atoms with E-state index < -0.39 is 0 Å². The minimum absolute atomic E-state index is 0.0886. The number of rotatable bonds is 8. The molecule has 0 saturated heterocycles. The minimum atomic E-state index is -0.0886. The molecule has 100 valence electrons. The number of nitrogens with one attached hydrogen (secondary N) is 1. The van der Waals surface area contributed by atoms with Crippen LogP contribution in [0.2, 0.25) is 0 Å². The Morgan fingerprint density at radius 1 is 1.17 bits per heavy atom. The van der Waals surface area contributed by atoms with E-state index in [1.807, 2.05) is 31.2 Å². The van der Waals surface area contributed by atoms with E-state index in [-0.39, 0.29) is 11.8 Å². The normalized spacial score (nSPS) is 12.4. The SMILES string of the molecule is CCCCCNC(C)C(=O)c1ccc(CC)cc1. The van der Waals surface area contributed by atoms with Crippen molar-refractivity contribution in [2.24, 2.45) is 0 Å². The van der Waals surface area contributed by atoms with Gasteiger partial charge in [-0.05, 0) is 31.9 Å². The summed E-state index contributed by atoms with van der Waals surface area (Å²) in [6, 6.07) is 7.86. The molecule has 0 saturated carbocycles. The summed E-state index contributed by atoms with van der Waals surface area (Å²) in [6.07, 6.45) is 4.59. The Hall–Kier alpha value is -1.15. The lowest BCUT2D eigenvalue weighted by atomic mass is 10.0. The van der Waals surface area contributed by atoms with Crippen LogP contribution in [-0.2, 0) is 6.42 Å². The fourth-order valence-electron chi connectivity index (χ4n) is 1.94. The molecule has 1 N–H and O–H groups in total. The number of unbranched alkanes of at least 4 members (excludes halogenated alkanes) is 2. The quantitative estimate of drug-likeness (QED) is 0.562. The summed E-state index contributed by atoms with van der Waals surface area (Å²) < 4.78 is 0. The highest BCUT2D eigenvalue weighted by molar-refractivity contribution is 5.99. The fourth-order valence-corrected chi connectivity index (χ4v) is 1.94. The molecule has 0 aliphatic heterocycles. The first-order valence-electron chi connectivity index (χ1n) is 7.05. The maximum Gasteiger partial charge on any atom is 0.179 e. The van der Waals surface area contributed by atoms with Gasteiger partial charge in [0.05, 0.1) is 6.04 Å². The molecule has 0 aliphatic rings. The molecule has 0 heterocycles. The summed E-state index contributed by atoms with van der Waals surface area (Å²) in [5.74, 6) is 0.189. The van der Waals surface area contributed by atoms with Gasteiger partial charge in [0.1, 0.15) is 0 Å². The molecule has 0 fully saturated rings. The number of benzene rings is 1. The first-order valence-corrected chi connectivity index (χ1v) is 7.05. The largest absolute Gasteiger partial charge is 0.307 e. The van der Waals surface area contributed by atoms with E-state index in [2.05, 4.69) is 19.2 Å². The lowest BCUT2D eigenvalue weighted by Gasteiger charge is -2.12. The number of hydrogen-bond donors (Lipinski definition) is 1. The van der Waals surface area contributed by atoms with Crippen molar-refractivity contribution in [2.45, 2.75) is 52.5 Å². The molecule has 0 radical (unpaired) electrons. The van der Waals surface area contributed by atoms with Crippen molar-refractivity contribution >= 4 is 5.78 Å². The van der Waals surface area contributed by atoms with Crippen molar-refractivity contribution in [3.63, 3.8) is 0 Å². The van der Waals surface area contributed by atoms with Gasteiger partial charge in [-0.1, -0.05) is 51.0 Å². The van der Waals surface area contributed by atoms with Crippen molar-refractivity contribution in [3.05, 3.63) is 35.4 Å². The molecule has 0 spiro atoms. The van der Waals surface area contributed by atoms with Gasteiger partial charge in [-0.2, -0.15) is 0 Å². The molecular weight excluding hydrogens is 222 g/mol. The third-order valence-corrected chi connectivity index (χ3v) is 3.27. The Morgan fingerprint density at radius 2 is 1.83 bits per heavy atom. The highest BCUT2D eigenvalue weighted by Crippen LogP contribution is 2.08. The number of Topliss-reactive ketones (excluding diaryl/α,β-unsaturated/α-hetero) is 1. The average Bonchev–Trinajstić information content (AvgIpc) is 2.42. The Labute approximate surface area is 111 Å². The van der Waals surface area contributed by atoms with Crippen molar-refractivity contribution in [1.82, 2.24) is 5.32 Å². The minimum Gasteiger partial charge on any atom is -0.307 e. The summed E-state index contributed by atoms with van der Waals surface area (Å²) in [5.41, 5.74) is 2.08. The summed E-state index contributed by atoms with van der Waals surface area (Å²) in [5, 5.41) is 3.29. The van der Waals surface area contributed by atoms with Crippen LogP contribution in [-0.4, -0.2) is 18.4 Å². The average molecular weight is 247 g/mol. The molecule has 2 heteroatoms. The van der Waals surface area contributed by atoms with Gasteiger partial charge in [-0.25, -0.2) is 0 Å². The number of ketones is 1. The summed E-state index contributed by atoms with van der Waals surface area (Å²) in [4.78, 5) is 12.1. The van der Waals surface area contributed by atoms with Gasteiger partial charge in [-0.15, -0.1) is 0 Å². The number of hydrogen-bond acceptors (Lipinski definition) is 2. The first-order chi connectivity index (χ1) is 8.69. The van der Waals surface area contributed by atoms with E-state index in [1.165, 1.54) is 18.4 Å². The van der Waals surface area contributed by atoms with E-state index in [0.29, 0.717) is 0 Å². The first kappa shape index (κ1) is 14.9. The lowest BCUT2D eigenvalue weighted by molar-refractivity contribution is 0.0951. The van der Waals surface area contributed by atoms with Crippen molar-refractivity contribution in [1.29, 1.82) is 0 Å². The van der Waals surface area contributed by atoms with Crippen LogP contribution in [0.15, 0.2) is 24.3 Å².